The lowest BCUT2D eigenvalue weighted by Crippen LogP contribution is -2.50. The van der Waals surface area contributed by atoms with Crippen molar-refractivity contribution in [1.29, 1.82) is 0 Å². The average molecular weight is 434 g/mol. The smallest absolute Gasteiger partial charge is 0.310 e. The molecule has 4 atom stereocenters. The van der Waals surface area contributed by atoms with E-state index in [9.17, 15) is 18.0 Å². The largest absolute Gasteiger partial charge is 0.418 e. The summed E-state index contributed by atoms with van der Waals surface area (Å²) in [5.41, 5.74) is 5.75. The molecule has 13 nitrogen and oxygen atoms in total. The molecule has 0 saturated carbocycles. The van der Waals surface area contributed by atoms with Gasteiger partial charge in [0.05, 0.1) is 12.6 Å². The lowest BCUT2D eigenvalue weighted by atomic mass is 10.0. The van der Waals surface area contributed by atoms with Crippen LogP contribution in [0.15, 0.2) is 0 Å². The summed E-state index contributed by atoms with van der Waals surface area (Å²) in [5, 5.41) is 6.22. The Morgan fingerprint density at radius 3 is 2.86 bits per heavy atom. The fourth-order valence-electron chi connectivity index (χ4n) is 4.41. The summed E-state index contributed by atoms with van der Waals surface area (Å²) < 4.78 is 35.0. The molecule has 2 unspecified atom stereocenters. The number of fused-ring (bicyclic) bond motifs is 2. The van der Waals surface area contributed by atoms with Gasteiger partial charge in [0.2, 0.25) is 0 Å². The van der Waals surface area contributed by atoms with Gasteiger partial charge in [0.15, 0.2) is 0 Å². The monoisotopic (exact) mass is 434 g/mol. The standard InChI is InChI=1S/C15H26N6O7S/c22-14(18-27-9-10-6-12(7-16-10)20-5-1-4-17-20)13-3-2-11-8-19(13)15(23)21(11)28-29(24,25)26/h10-13,16-17H,1-9H2,(H,18,22)(H,24,25,26)/t10-,11?,12+,13?/m0/s1. The predicted molar refractivity (Wildman–Crippen MR) is 97.0 cm³/mol. The topological polar surface area (TPSA) is 153 Å². The summed E-state index contributed by atoms with van der Waals surface area (Å²) in [6.45, 7) is 3.32. The highest BCUT2D eigenvalue weighted by Crippen LogP contribution is 2.30. The molecule has 0 aromatic heterocycles. The Balaban J connectivity index is 1.23. The third-order valence-electron chi connectivity index (χ3n) is 5.79. The van der Waals surface area contributed by atoms with Crippen LogP contribution >= 0.6 is 0 Å². The normalized spacial score (nSPS) is 32.9. The Kier molecular flexibility index (Phi) is 5.92. The molecular formula is C15H26N6O7S. The van der Waals surface area contributed by atoms with Crippen LogP contribution in [0.5, 0.6) is 0 Å². The Morgan fingerprint density at radius 1 is 1.31 bits per heavy atom. The summed E-state index contributed by atoms with van der Waals surface area (Å²) in [6, 6.07) is -1.58. The van der Waals surface area contributed by atoms with Gasteiger partial charge in [-0.1, -0.05) is 0 Å². The van der Waals surface area contributed by atoms with Crippen LogP contribution in [0.25, 0.3) is 0 Å². The molecule has 4 N–H and O–H groups in total. The zero-order chi connectivity index (χ0) is 20.6. The number of hydrazine groups is 1. The fraction of sp³-hybridized carbons (Fsp3) is 0.867. The predicted octanol–water partition coefficient (Wildman–Crippen LogP) is -2.02. The van der Waals surface area contributed by atoms with Gasteiger partial charge in [0.1, 0.15) is 6.04 Å². The molecule has 4 saturated heterocycles. The van der Waals surface area contributed by atoms with E-state index < -0.39 is 34.4 Å². The Bertz CT molecular complexity index is 745. The second-order valence-corrected chi connectivity index (χ2v) is 8.74. The zero-order valence-electron chi connectivity index (χ0n) is 15.8. The zero-order valence-corrected chi connectivity index (χ0v) is 16.6. The molecule has 0 aliphatic carbocycles. The van der Waals surface area contributed by atoms with Gasteiger partial charge in [0, 0.05) is 38.3 Å². The van der Waals surface area contributed by atoms with Crippen LogP contribution in [0.1, 0.15) is 25.7 Å². The number of nitrogens with zero attached hydrogens (tertiary/aromatic N) is 3. The van der Waals surface area contributed by atoms with Gasteiger partial charge < -0.3 is 10.2 Å². The van der Waals surface area contributed by atoms with Crippen LogP contribution in [0.4, 0.5) is 4.79 Å². The number of hydrogen-bond donors (Lipinski definition) is 4. The number of hydrogen-bond acceptors (Lipinski definition) is 9. The van der Waals surface area contributed by atoms with Crippen LogP contribution in [0, 0.1) is 0 Å². The SMILES string of the molecule is O=C(NOC[C@@H]1C[C@@H](N2CCCN2)CN1)C1CCC2CN1C(=O)N2OS(=O)(=O)O. The number of amides is 3. The first-order valence-electron chi connectivity index (χ1n) is 9.74. The fourth-order valence-corrected chi connectivity index (χ4v) is 4.80. The molecule has 4 heterocycles. The van der Waals surface area contributed by atoms with Crippen LogP contribution in [-0.2, 0) is 24.3 Å². The highest BCUT2D eigenvalue weighted by Gasteiger charge is 2.49. The van der Waals surface area contributed by atoms with E-state index in [1.54, 1.807) is 0 Å². The van der Waals surface area contributed by atoms with Crippen molar-refractivity contribution in [2.24, 2.45) is 0 Å². The molecule has 4 aliphatic heterocycles. The minimum absolute atomic E-state index is 0.116. The van der Waals surface area contributed by atoms with Crippen molar-refractivity contribution in [2.45, 2.75) is 49.9 Å². The van der Waals surface area contributed by atoms with E-state index >= 15 is 0 Å². The van der Waals surface area contributed by atoms with E-state index in [0.29, 0.717) is 30.6 Å². The molecule has 3 amide bonds. The average Bonchev–Trinajstić information content (AvgIpc) is 3.39. The van der Waals surface area contributed by atoms with Gasteiger partial charge in [-0.2, -0.15) is 13.5 Å². The van der Waals surface area contributed by atoms with E-state index in [-0.39, 0.29) is 12.6 Å². The summed E-state index contributed by atoms with van der Waals surface area (Å²) in [6.07, 6.45) is 2.74. The number of carbonyl (C=O) groups is 2. The molecule has 0 spiro atoms. The van der Waals surface area contributed by atoms with Crippen LogP contribution in [0.2, 0.25) is 0 Å². The number of piperidine rings is 1. The summed E-state index contributed by atoms with van der Waals surface area (Å²) in [4.78, 5) is 31.4. The number of hydroxylamine groups is 3. The number of nitrogens with one attached hydrogen (secondary N) is 3. The molecule has 4 fully saturated rings. The lowest BCUT2D eigenvalue weighted by molar-refractivity contribution is -0.139. The third-order valence-corrected chi connectivity index (χ3v) is 6.14. The van der Waals surface area contributed by atoms with Gasteiger partial charge >= 0.3 is 16.4 Å². The van der Waals surface area contributed by atoms with Crippen molar-refractivity contribution in [3.63, 3.8) is 0 Å². The molecule has 0 aromatic carbocycles. The number of rotatable bonds is 7. The lowest BCUT2D eigenvalue weighted by Gasteiger charge is -2.29. The highest BCUT2D eigenvalue weighted by atomic mass is 32.3. The first-order valence-corrected chi connectivity index (χ1v) is 11.1. The molecule has 0 radical (unpaired) electrons. The molecule has 164 valence electrons. The molecule has 0 aromatic rings. The first-order chi connectivity index (χ1) is 13.8. The molecular weight excluding hydrogens is 408 g/mol. The van der Waals surface area contributed by atoms with Crippen molar-refractivity contribution in [1.82, 2.24) is 31.2 Å². The first kappa shape index (κ1) is 20.7. The molecule has 2 bridgehead atoms. The maximum atomic E-state index is 12.5. The van der Waals surface area contributed by atoms with E-state index in [1.807, 2.05) is 0 Å². The number of urea groups is 1. The van der Waals surface area contributed by atoms with Crippen molar-refractivity contribution in [3.05, 3.63) is 0 Å². The summed E-state index contributed by atoms with van der Waals surface area (Å²) >= 11 is 0. The summed E-state index contributed by atoms with van der Waals surface area (Å²) in [5.74, 6) is -0.471. The Labute approximate surface area is 168 Å². The Hall–Kier alpha value is -1.55. The van der Waals surface area contributed by atoms with Gasteiger partial charge in [-0.05, 0) is 25.7 Å². The van der Waals surface area contributed by atoms with Crippen LogP contribution in [-0.4, -0.2) is 96.8 Å². The van der Waals surface area contributed by atoms with Gasteiger partial charge in [-0.15, -0.1) is 4.28 Å². The van der Waals surface area contributed by atoms with Crippen molar-refractivity contribution >= 4 is 22.3 Å². The maximum Gasteiger partial charge on any atom is 0.418 e. The minimum atomic E-state index is -4.81. The Morgan fingerprint density at radius 2 is 2.14 bits per heavy atom. The van der Waals surface area contributed by atoms with E-state index in [2.05, 4.69) is 25.5 Å². The van der Waals surface area contributed by atoms with Crippen molar-refractivity contribution in [2.75, 3.05) is 32.8 Å². The van der Waals surface area contributed by atoms with Crippen molar-refractivity contribution < 1.29 is 31.7 Å². The molecule has 14 heteroatoms. The van der Waals surface area contributed by atoms with E-state index in [1.165, 1.54) is 4.90 Å². The molecule has 29 heavy (non-hydrogen) atoms. The summed E-state index contributed by atoms with van der Waals surface area (Å²) in [7, 11) is -4.81. The minimum Gasteiger partial charge on any atom is -0.310 e. The van der Waals surface area contributed by atoms with Crippen LogP contribution in [0.3, 0.4) is 0 Å². The third kappa shape index (κ3) is 4.63. The molecule has 4 rings (SSSR count). The quantitative estimate of drug-likeness (QED) is 0.261. The van der Waals surface area contributed by atoms with Crippen molar-refractivity contribution in [3.8, 4) is 0 Å². The highest BCUT2D eigenvalue weighted by molar-refractivity contribution is 7.80. The van der Waals surface area contributed by atoms with Crippen LogP contribution < -0.4 is 16.2 Å². The van der Waals surface area contributed by atoms with Gasteiger partial charge in [-0.25, -0.2) is 15.3 Å². The second-order valence-electron chi connectivity index (χ2n) is 7.74. The second kappa shape index (κ2) is 8.29. The van der Waals surface area contributed by atoms with Gasteiger partial charge in [0.25, 0.3) is 5.91 Å². The van der Waals surface area contributed by atoms with E-state index in [0.717, 1.165) is 32.5 Å². The maximum absolute atomic E-state index is 12.5. The number of carbonyl (C=O) groups excluding carboxylic acids is 2. The van der Waals surface area contributed by atoms with Gasteiger partial charge in [-0.3, -0.25) is 19.6 Å². The molecule has 4 aliphatic rings. The van der Waals surface area contributed by atoms with E-state index in [4.69, 9.17) is 9.39 Å².